The van der Waals surface area contributed by atoms with Gasteiger partial charge in [-0.3, -0.25) is 18.9 Å². The largest absolute Gasteiger partial charge is 0.497 e. The van der Waals surface area contributed by atoms with Gasteiger partial charge in [0, 0.05) is 0 Å². The van der Waals surface area contributed by atoms with Crippen LogP contribution in [0.4, 0.5) is 17.1 Å². The van der Waals surface area contributed by atoms with Crippen molar-refractivity contribution in [1.29, 1.82) is 0 Å². The summed E-state index contributed by atoms with van der Waals surface area (Å²) in [6.07, 6.45) is -0.209. The molecule has 0 aliphatic carbocycles. The highest BCUT2D eigenvalue weighted by molar-refractivity contribution is 7.87. The van der Waals surface area contributed by atoms with Crippen molar-refractivity contribution in [2.24, 2.45) is 9.98 Å². The topological polar surface area (TPSA) is 147 Å². The Morgan fingerprint density at radius 1 is 1.00 bits per heavy atom. The molecule has 1 aliphatic heterocycles. The Hall–Kier alpha value is -3.57. The second-order valence-corrected chi connectivity index (χ2v) is 7.05. The van der Waals surface area contributed by atoms with Crippen LogP contribution >= 0.6 is 0 Å². The molecule has 29 heavy (non-hydrogen) atoms. The summed E-state index contributed by atoms with van der Waals surface area (Å²) in [6.45, 7) is 0. The third-order valence-corrected chi connectivity index (χ3v) is 4.27. The number of hydrogen-bond donors (Lipinski definition) is 3. The molecule has 2 aromatic rings. The Labute approximate surface area is 166 Å². The number of aliphatic imine (C=N–C) groups is 2. The number of anilines is 1. The molecule has 0 spiro atoms. The second-order valence-electron chi connectivity index (χ2n) is 5.90. The van der Waals surface area contributed by atoms with Gasteiger partial charge in [0.1, 0.15) is 5.75 Å². The van der Waals surface area contributed by atoms with Gasteiger partial charge in [-0.15, -0.1) is 0 Å². The minimum atomic E-state index is -4.39. The fourth-order valence-corrected chi connectivity index (χ4v) is 2.88. The van der Waals surface area contributed by atoms with E-state index in [1.165, 1.54) is 31.4 Å². The molecule has 1 aliphatic rings. The Morgan fingerprint density at radius 2 is 1.59 bits per heavy atom. The van der Waals surface area contributed by atoms with Crippen LogP contribution in [-0.2, 0) is 19.9 Å². The number of nitrogens with one attached hydrogen (secondary N) is 2. The normalized spacial score (nSPS) is 17.3. The fourth-order valence-electron chi connectivity index (χ4n) is 2.45. The molecule has 2 aromatic carbocycles. The maximum Gasteiger partial charge on any atom is 0.357 e. The summed E-state index contributed by atoms with van der Waals surface area (Å²) >= 11 is 0. The number of amides is 1. The molecular weight excluding hydrogens is 400 g/mol. The lowest BCUT2D eigenvalue weighted by Crippen LogP contribution is -2.47. The zero-order chi connectivity index (χ0) is 21.0. The lowest BCUT2D eigenvalue weighted by atomic mass is 10.1. The van der Waals surface area contributed by atoms with Crippen LogP contribution in [0.5, 0.6) is 5.75 Å². The van der Waals surface area contributed by atoms with Crippen molar-refractivity contribution in [2.75, 3.05) is 11.8 Å². The molecule has 0 radical (unpaired) electrons. The van der Waals surface area contributed by atoms with Gasteiger partial charge in [-0.05, 0) is 48.5 Å². The fraction of sp³-hybridized carbons (Fsp3) is 0.111. The van der Waals surface area contributed by atoms with E-state index in [0.29, 0.717) is 17.1 Å². The zero-order valence-corrected chi connectivity index (χ0v) is 15.9. The number of rotatable bonds is 5. The van der Waals surface area contributed by atoms with Crippen molar-refractivity contribution in [3.05, 3.63) is 48.5 Å². The summed E-state index contributed by atoms with van der Waals surface area (Å²) in [4.78, 5) is 32.3. The number of piperidine rings is 1. The molecule has 1 fully saturated rings. The van der Waals surface area contributed by atoms with E-state index >= 15 is 0 Å². The van der Waals surface area contributed by atoms with Crippen molar-refractivity contribution in [2.45, 2.75) is 6.42 Å². The van der Waals surface area contributed by atoms with E-state index in [4.69, 9.17) is 9.29 Å². The van der Waals surface area contributed by atoms with Crippen LogP contribution in [0.2, 0.25) is 0 Å². The summed E-state index contributed by atoms with van der Waals surface area (Å²) < 4.78 is 37.5. The highest BCUT2D eigenvalue weighted by atomic mass is 32.2. The van der Waals surface area contributed by atoms with E-state index in [0.717, 1.165) is 0 Å². The standard InChI is InChI=1S/C18H16N4O6S/c1-28-14-8-6-11(7-9-14)19-15-10-16(23)18(24)21-17(15)20-12-2-4-13(5-3-12)22-29(25,26)27/h2-9,22H,10H2,1H3,(H,20,21,24)(H,25,26,27). The molecule has 3 rings (SSSR count). The van der Waals surface area contributed by atoms with Gasteiger partial charge in [0.05, 0.1) is 36.3 Å². The average Bonchev–Trinajstić information content (AvgIpc) is 2.67. The monoisotopic (exact) mass is 416 g/mol. The van der Waals surface area contributed by atoms with Crippen molar-refractivity contribution < 1.29 is 27.3 Å². The van der Waals surface area contributed by atoms with Crippen LogP contribution in [-0.4, -0.2) is 43.3 Å². The third-order valence-electron chi connectivity index (χ3n) is 3.78. The summed E-state index contributed by atoms with van der Waals surface area (Å²) in [5.41, 5.74) is 1.33. The first-order valence-corrected chi connectivity index (χ1v) is 9.67. The molecule has 0 unspecified atom stereocenters. The summed E-state index contributed by atoms with van der Waals surface area (Å²) in [5, 5.41) is 2.41. The molecule has 0 aromatic heterocycles. The van der Waals surface area contributed by atoms with Gasteiger partial charge in [0.25, 0.3) is 5.91 Å². The number of ketones is 1. The lowest BCUT2D eigenvalue weighted by Gasteiger charge is -2.16. The zero-order valence-electron chi connectivity index (χ0n) is 15.1. The third kappa shape index (κ3) is 5.46. The number of hydrogen-bond acceptors (Lipinski definition) is 7. The lowest BCUT2D eigenvalue weighted by molar-refractivity contribution is -0.136. The summed E-state index contributed by atoms with van der Waals surface area (Å²) in [5.74, 6) is -0.665. The van der Waals surface area contributed by atoms with Gasteiger partial charge in [-0.25, -0.2) is 9.98 Å². The second kappa shape index (κ2) is 8.20. The SMILES string of the molecule is COc1ccc(N=C2CC(=O)C(=O)NC2=Nc2ccc(NS(=O)(=O)O)cc2)cc1. The van der Waals surface area contributed by atoms with Gasteiger partial charge < -0.3 is 10.1 Å². The van der Waals surface area contributed by atoms with Crippen LogP contribution in [0.15, 0.2) is 58.5 Å². The molecule has 1 heterocycles. The molecule has 10 nitrogen and oxygen atoms in total. The molecule has 3 N–H and O–H groups in total. The Morgan fingerprint density at radius 3 is 2.17 bits per heavy atom. The first kappa shape index (κ1) is 20.2. The number of amidine groups is 1. The van der Waals surface area contributed by atoms with Crippen LogP contribution in [0.25, 0.3) is 0 Å². The number of methoxy groups -OCH3 is 1. The molecule has 0 atom stereocenters. The average molecular weight is 416 g/mol. The van der Waals surface area contributed by atoms with E-state index in [1.54, 1.807) is 24.3 Å². The first-order valence-electron chi connectivity index (χ1n) is 8.23. The highest BCUT2D eigenvalue weighted by Gasteiger charge is 2.28. The molecule has 0 saturated carbocycles. The smallest absolute Gasteiger partial charge is 0.357 e. The van der Waals surface area contributed by atoms with E-state index < -0.39 is 22.0 Å². The van der Waals surface area contributed by atoms with Crippen LogP contribution in [0.1, 0.15) is 6.42 Å². The number of Topliss-reactive ketones (excluding diaryl/α,β-unsaturated/α-hetero) is 1. The molecule has 1 amide bonds. The summed E-state index contributed by atoms with van der Waals surface area (Å²) in [6, 6.07) is 12.5. The number of nitrogens with zero attached hydrogens (tertiary/aromatic N) is 2. The van der Waals surface area contributed by atoms with E-state index in [2.05, 4.69) is 15.3 Å². The van der Waals surface area contributed by atoms with Crippen LogP contribution in [0, 0.1) is 0 Å². The molecule has 1 saturated heterocycles. The van der Waals surface area contributed by atoms with Gasteiger partial charge in [-0.2, -0.15) is 8.42 Å². The molecule has 0 bridgehead atoms. The molecular formula is C18H16N4O6S. The minimum Gasteiger partial charge on any atom is -0.497 e. The Bertz CT molecular complexity index is 1110. The van der Waals surface area contributed by atoms with Crippen molar-refractivity contribution >= 4 is 50.6 Å². The Balaban J connectivity index is 1.91. The highest BCUT2D eigenvalue weighted by Crippen LogP contribution is 2.21. The van der Waals surface area contributed by atoms with Gasteiger partial charge >= 0.3 is 10.3 Å². The van der Waals surface area contributed by atoms with Gasteiger partial charge in [-0.1, -0.05) is 0 Å². The van der Waals surface area contributed by atoms with Crippen LogP contribution in [0.3, 0.4) is 0 Å². The quantitative estimate of drug-likeness (QED) is 0.500. The predicted molar refractivity (Wildman–Crippen MR) is 107 cm³/mol. The summed E-state index contributed by atoms with van der Waals surface area (Å²) in [7, 11) is -2.85. The predicted octanol–water partition coefficient (Wildman–Crippen LogP) is 1.80. The molecule has 11 heteroatoms. The maximum absolute atomic E-state index is 11.8. The van der Waals surface area contributed by atoms with Crippen LogP contribution < -0.4 is 14.8 Å². The first-order chi connectivity index (χ1) is 13.7. The van der Waals surface area contributed by atoms with E-state index in [-0.39, 0.29) is 23.7 Å². The maximum atomic E-state index is 11.8. The Kier molecular flexibility index (Phi) is 5.71. The van der Waals surface area contributed by atoms with Gasteiger partial charge in [0.15, 0.2) is 5.84 Å². The number of carbonyl (C=O) groups excluding carboxylic acids is 2. The van der Waals surface area contributed by atoms with Crippen molar-refractivity contribution in [3.8, 4) is 5.75 Å². The van der Waals surface area contributed by atoms with E-state index in [9.17, 15) is 18.0 Å². The number of carbonyl (C=O) groups is 2. The van der Waals surface area contributed by atoms with Crippen molar-refractivity contribution in [3.63, 3.8) is 0 Å². The van der Waals surface area contributed by atoms with E-state index in [1.807, 2.05) is 4.72 Å². The number of ether oxygens (including phenoxy) is 1. The van der Waals surface area contributed by atoms with Gasteiger partial charge in [0.2, 0.25) is 5.78 Å². The molecule has 150 valence electrons. The minimum absolute atomic E-state index is 0.112. The van der Waals surface area contributed by atoms with Crippen molar-refractivity contribution in [1.82, 2.24) is 5.32 Å². The number of benzene rings is 2.